The third-order valence-corrected chi connectivity index (χ3v) is 8.05. The fraction of sp³-hybridized carbons (Fsp3) is 0.412. The lowest BCUT2D eigenvalue weighted by atomic mass is 9.96. The molecule has 0 amide bonds. The van der Waals surface area contributed by atoms with Crippen molar-refractivity contribution in [2.75, 3.05) is 33.9 Å². The van der Waals surface area contributed by atoms with Gasteiger partial charge in [0.25, 0.3) is 0 Å². The molecule has 1 aromatic carbocycles. The first kappa shape index (κ1) is 34.8. The summed E-state index contributed by atoms with van der Waals surface area (Å²) >= 11 is 1.67. The van der Waals surface area contributed by atoms with E-state index >= 15 is 0 Å². The van der Waals surface area contributed by atoms with Gasteiger partial charge in [0, 0.05) is 47.8 Å². The highest BCUT2D eigenvalue weighted by Crippen LogP contribution is 2.35. The van der Waals surface area contributed by atoms with Crippen molar-refractivity contribution < 1.29 is 24.1 Å². The van der Waals surface area contributed by atoms with Crippen LogP contribution in [0.25, 0.3) is 11.1 Å². The lowest BCUT2D eigenvalue weighted by molar-refractivity contribution is 0.285. The second kappa shape index (κ2) is 18.2. The average Bonchev–Trinajstić information content (AvgIpc) is 3.43. The predicted octanol–water partition coefficient (Wildman–Crippen LogP) is 6.21. The first-order chi connectivity index (χ1) is 21.5. The Hall–Kier alpha value is -3.70. The summed E-state index contributed by atoms with van der Waals surface area (Å²) in [5, 5.41) is 17.6. The Balaban J connectivity index is 0.00000259. The molecule has 3 N–H and O–H groups in total. The number of thiophene rings is 1. The first-order valence-electron chi connectivity index (χ1n) is 15.0. The predicted molar refractivity (Wildman–Crippen MR) is 177 cm³/mol. The van der Waals surface area contributed by atoms with Crippen molar-refractivity contribution in [1.82, 2.24) is 20.6 Å². The Bertz CT molecular complexity index is 1460. The number of hydrogen-bond donors (Lipinski definition) is 3. The van der Waals surface area contributed by atoms with Gasteiger partial charge >= 0.3 is 0 Å². The lowest BCUT2D eigenvalue weighted by Crippen LogP contribution is -2.18. The molecule has 0 bridgehead atoms. The standard InChI is InChI=1S/C32H40N4O5S.C2H6/c1-6-33-16-23-10-12-29(35-31(23)38-4)40-18-25-8-7-9-26(21(25)2)27-20-42-28(22(27)3)19-41-30-13-11-24(17-34-14-15-37)32(36-30)39-5;1-2/h7-13,20,33-34,37H,6,14-19H2,1-5H3;1-2H3. The maximum absolute atomic E-state index is 8.99. The number of hydrogen-bond acceptors (Lipinski definition) is 10. The number of nitrogens with zero attached hydrogens (tertiary/aromatic N) is 2. The van der Waals surface area contributed by atoms with Gasteiger partial charge in [-0.3, -0.25) is 0 Å². The van der Waals surface area contributed by atoms with Gasteiger partial charge < -0.3 is 34.7 Å². The van der Waals surface area contributed by atoms with Crippen LogP contribution < -0.4 is 29.6 Å². The van der Waals surface area contributed by atoms with Gasteiger partial charge in [0.2, 0.25) is 23.5 Å². The van der Waals surface area contributed by atoms with Gasteiger partial charge in [-0.15, -0.1) is 11.3 Å². The third kappa shape index (κ3) is 9.15. The zero-order chi connectivity index (χ0) is 31.9. The van der Waals surface area contributed by atoms with E-state index in [-0.39, 0.29) is 6.61 Å². The minimum absolute atomic E-state index is 0.0791. The zero-order valence-corrected chi connectivity index (χ0v) is 27.8. The molecule has 3 aromatic heterocycles. The monoisotopic (exact) mass is 622 g/mol. The quantitative estimate of drug-likeness (QED) is 0.126. The van der Waals surface area contributed by atoms with E-state index in [1.165, 1.54) is 22.3 Å². The van der Waals surface area contributed by atoms with E-state index in [4.69, 9.17) is 24.1 Å². The molecule has 0 aliphatic heterocycles. The molecule has 0 saturated heterocycles. The fourth-order valence-electron chi connectivity index (χ4n) is 4.54. The van der Waals surface area contributed by atoms with Gasteiger partial charge in [-0.25, -0.2) is 0 Å². The number of nitrogens with one attached hydrogen (secondary N) is 2. The topological polar surface area (TPSA) is 107 Å². The van der Waals surface area contributed by atoms with Crippen molar-refractivity contribution in [2.24, 2.45) is 0 Å². The Morgan fingerprint density at radius 3 is 1.95 bits per heavy atom. The maximum atomic E-state index is 8.99. The highest BCUT2D eigenvalue weighted by molar-refractivity contribution is 7.10. The van der Waals surface area contributed by atoms with Gasteiger partial charge in [0.15, 0.2) is 0 Å². The van der Waals surface area contributed by atoms with Crippen molar-refractivity contribution in [1.29, 1.82) is 0 Å². The van der Waals surface area contributed by atoms with Crippen LogP contribution in [0.2, 0.25) is 0 Å². The van der Waals surface area contributed by atoms with Crippen LogP contribution >= 0.6 is 11.3 Å². The van der Waals surface area contributed by atoms with E-state index in [2.05, 4.69) is 65.0 Å². The molecular weight excluding hydrogens is 576 g/mol. The van der Waals surface area contributed by atoms with Crippen LogP contribution in [0.15, 0.2) is 47.8 Å². The SMILES string of the molecule is CC.CCNCc1ccc(OCc2cccc(-c3csc(COc4ccc(CNCCO)c(OC)n4)c3C)c2C)nc1OC. The first-order valence-corrected chi connectivity index (χ1v) is 15.9. The van der Waals surface area contributed by atoms with Crippen molar-refractivity contribution in [3.8, 4) is 34.6 Å². The highest BCUT2D eigenvalue weighted by atomic mass is 32.1. The van der Waals surface area contributed by atoms with Gasteiger partial charge in [-0.05, 0) is 65.7 Å². The highest BCUT2D eigenvalue weighted by Gasteiger charge is 2.15. The molecule has 4 aromatic rings. The summed E-state index contributed by atoms with van der Waals surface area (Å²) in [5.74, 6) is 2.11. The number of pyridine rings is 2. The Morgan fingerprint density at radius 2 is 1.36 bits per heavy atom. The molecule has 10 heteroatoms. The van der Waals surface area contributed by atoms with E-state index < -0.39 is 0 Å². The second-order valence-electron chi connectivity index (χ2n) is 9.68. The molecule has 0 fully saturated rings. The number of rotatable bonds is 16. The molecule has 4 rings (SSSR count). The third-order valence-electron chi connectivity index (χ3n) is 6.99. The Labute approximate surface area is 265 Å². The fourth-order valence-corrected chi connectivity index (χ4v) is 5.51. The summed E-state index contributed by atoms with van der Waals surface area (Å²) in [6.45, 7) is 13.9. The van der Waals surface area contributed by atoms with Crippen LogP contribution in [0.1, 0.15) is 53.5 Å². The van der Waals surface area contributed by atoms with Gasteiger partial charge in [0.1, 0.15) is 13.2 Å². The largest absolute Gasteiger partial charge is 0.481 e. The number of aliphatic hydroxyl groups is 1. The number of ether oxygens (including phenoxy) is 4. The minimum atomic E-state index is 0.0791. The van der Waals surface area contributed by atoms with Gasteiger partial charge in [-0.2, -0.15) is 9.97 Å². The van der Waals surface area contributed by atoms with Crippen LogP contribution in [0, 0.1) is 13.8 Å². The van der Waals surface area contributed by atoms with Crippen LogP contribution in [-0.4, -0.2) is 49.0 Å². The molecular formula is C34H46N4O5S. The summed E-state index contributed by atoms with van der Waals surface area (Å²) < 4.78 is 23.1. The van der Waals surface area contributed by atoms with E-state index in [1.54, 1.807) is 25.6 Å². The molecule has 44 heavy (non-hydrogen) atoms. The molecule has 0 atom stereocenters. The molecule has 3 heterocycles. The summed E-state index contributed by atoms with van der Waals surface area (Å²) in [6, 6.07) is 13.9. The van der Waals surface area contributed by atoms with E-state index in [0.29, 0.717) is 56.4 Å². The number of aliphatic hydroxyl groups excluding tert-OH is 1. The van der Waals surface area contributed by atoms with Crippen molar-refractivity contribution in [3.05, 3.63) is 80.5 Å². The number of aromatic nitrogens is 2. The molecule has 0 radical (unpaired) electrons. The molecule has 9 nitrogen and oxygen atoms in total. The lowest BCUT2D eigenvalue weighted by Gasteiger charge is -2.14. The van der Waals surface area contributed by atoms with Crippen molar-refractivity contribution in [3.63, 3.8) is 0 Å². The normalized spacial score (nSPS) is 10.6. The second-order valence-corrected chi connectivity index (χ2v) is 10.6. The molecule has 0 saturated carbocycles. The van der Waals surface area contributed by atoms with Crippen molar-refractivity contribution >= 4 is 11.3 Å². The smallest absolute Gasteiger partial charge is 0.220 e. The van der Waals surface area contributed by atoms with Gasteiger partial charge in [-0.1, -0.05) is 39.0 Å². The van der Waals surface area contributed by atoms with Crippen LogP contribution in [0.4, 0.5) is 0 Å². The summed E-state index contributed by atoms with van der Waals surface area (Å²) in [4.78, 5) is 10.2. The van der Waals surface area contributed by atoms with Crippen LogP contribution in [0.3, 0.4) is 0 Å². The molecule has 0 unspecified atom stereocenters. The molecule has 238 valence electrons. The molecule has 0 aliphatic rings. The summed E-state index contributed by atoms with van der Waals surface area (Å²) in [5.41, 5.74) is 7.69. The van der Waals surface area contributed by atoms with Crippen LogP contribution in [0.5, 0.6) is 23.5 Å². The molecule has 0 aliphatic carbocycles. The Morgan fingerprint density at radius 1 is 0.750 bits per heavy atom. The summed E-state index contributed by atoms with van der Waals surface area (Å²) in [7, 11) is 3.22. The van der Waals surface area contributed by atoms with E-state index in [1.807, 2.05) is 38.1 Å². The van der Waals surface area contributed by atoms with E-state index in [9.17, 15) is 0 Å². The maximum Gasteiger partial charge on any atom is 0.220 e. The zero-order valence-electron chi connectivity index (χ0n) is 27.0. The number of benzene rings is 1. The molecule has 0 spiro atoms. The average molecular weight is 623 g/mol. The Kier molecular flexibility index (Phi) is 14.4. The van der Waals surface area contributed by atoms with Gasteiger partial charge in [0.05, 0.1) is 20.8 Å². The van der Waals surface area contributed by atoms with E-state index in [0.717, 1.165) is 28.1 Å². The van der Waals surface area contributed by atoms with Crippen molar-refractivity contribution in [2.45, 2.75) is 60.9 Å². The van der Waals surface area contributed by atoms with Crippen LogP contribution in [-0.2, 0) is 26.3 Å². The minimum Gasteiger partial charge on any atom is -0.481 e. The number of methoxy groups -OCH3 is 2. The summed E-state index contributed by atoms with van der Waals surface area (Å²) in [6.07, 6.45) is 0.